The second-order valence-corrected chi connectivity index (χ2v) is 4.67. The first-order valence-electron chi connectivity index (χ1n) is 4.24. The number of nitrogens with zero attached hydrogens (tertiary/aromatic N) is 3. The molecule has 5 heteroatoms. The summed E-state index contributed by atoms with van der Waals surface area (Å²) in [5, 5.41) is 1.42. The summed E-state index contributed by atoms with van der Waals surface area (Å²) in [5.74, 6) is 0.756. The molecule has 1 aromatic rings. The van der Waals surface area contributed by atoms with Crippen molar-refractivity contribution in [1.29, 1.82) is 0 Å². The van der Waals surface area contributed by atoms with Gasteiger partial charge in [-0.05, 0) is 13.8 Å². The van der Waals surface area contributed by atoms with E-state index in [0.29, 0.717) is 5.02 Å². The topological polar surface area (TPSA) is 29.0 Å². The summed E-state index contributed by atoms with van der Waals surface area (Å²) in [7, 11) is 1.97. The highest BCUT2D eigenvalue weighted by Crippen LogP contribution is 2.27. The Balaban J connectivity index is 3.00. The second-order valence-electron chi connectivity index (χ2n) is 3.70. The Labute approximate surface area is 97.6 Å². The number of hydrogen-bond acceptors (Lipinski definition) is 3. The van der Waals surface area contributed by atoms with Crippen LogP contribution in [0, 0.1) is 0 Å². The molecular weight excluding hydrogens is 265 g/mol. The van der Waals surface area contributed by atoms with Crippen molar-refractivity contribution >= 4 is 33.3 Å². The van der Waals surface area contributed by atoms with Crippen LogP contribution in [0.2, 0.25) is 5.02 Å². The third kappa shape index (κ3) is 2.36. The molecule has 0 saturated carbocycles. The maximum absolute atomic E-state index is 6.00. The molecule has 78 valence electrons. The maximum atomic E-state index is 6.00. The summed E-state index contributed by atoms with van der Waals surface area (Å²) in [6, 6.07) is 0. The van der Waals surface area contributed by atoms with E-state index in [1.165, 1.54) is 6.33 Å². The number of rotatable bonds is 3. The molecule has 0 aromatic carbocycles. The van der Waals surface area contributed by atoms with Gasteiger partial charge in [0, 0.05) is 17.9 Å². The van der Waals surface area contributed by atoms with Gasteiger partial charge in [0.15, 0.2) is 5.82 Å². The van der Waals surface area contributed by atoms with Crippen LogP contribution in [0.1, 0.15) is 13.8 Å². The first kappa shape index (κ1) is 11.7. The van der Waals surface area contributed by atoms with Gasteiger partial charge in [-0.2, -0.15) is 0 Å². The van der Waals surface area contributed by atoms with Crippen molar-refractivity contribution in [3.63, 3.8) is 0 Å². The molecule has 3 nitrogen and oxygen atoms in total. The Morgan fingerprint density at radius 2 is 2.21 bits per heavy atom. The van der Waals surface area contributed by atoms with Gasteiger partial charge in [0.25, 0.3) is 0 Å². The zero-order chi connectivity index (χ0) is 10.8. The molecule has 0 radical (unpaired) electrons. The molecule has 0 aliphatic rings. The summed E-state index contributed by atoms with van der Waals surface area (Å²) < 4.78 is 0. The first-order chi connectivity index (χ1) is 6.49. The summed E-state index contributed by atoms with van der Waals surface area (Å²) in [6.45, 7) is 4.22. The molecule has 0 N–H and O–H groups in total. The second kappa shape index (κ2) is 4.45. The van der Waals surface area contributed by atoms with Gasteiger partial charge < -0.3 is 4.90 Å². The van der Waals surface area contributed by atoms with Crippen molar-refractivity contribution in [2.75, 3.05) is 17.3 Å². The van der Waals surface area contributed by atoms with E-state index in [1.54, 1.807) is 6.20 Å². The molecular formula is C9H13BrClN3. The van der Waals surface area contributed by atoms with Crippen LogP contribution in [0.15, 0.2) is 12.5 Å². The van der Waals surface area contributed by atoms with E-state index in [4.69, 9.17) is 11.6 Å². The molecule has 0 fully saturated rings. The van der Waals surface area contributed by atoms with E-state index in [9.17, 15) is 0 Å². The predicted octanol–water partition coefficient (Wildman–Crippen LogP) is 2.74. The largest absolute Gasteiger partial charge is 0.352 e. The Kier molecular flexibility index (Phi) is 3.72. The van der Waals surface area contributed by atoms with Crippen LogP contribution in [-0.2, 0) is 0 Å². The van der Waals surface area contributed by atoms with Crippen molar-refractivity contribution in [3.05, 3.63) is 17.5 Å². The summed E-state index contributed by atoms with van der Waals surface area (Å²) in [6.07, 6.45) is 3.10. The van der Waals surface area contributed by atoms with Crippen LogP contribution in [0.25, 0.3) is 0 Å². The van der Waals surface area contributed by atoms with E-state index >= 15 is 0 Å². The number of alkyl halides is 1. The highest BCUT2D eigenvalue weighted by atomic mass is 79.9. The third-order valence-electron chi connectivity index (χ3n) is 2.20. The molecule has 1 heterocycles. The van der Waals surface area contributed by atoms with Crippen LogP contribution in [0.4, 0.5) is 5.82 Å². The van der Waals surface area contributed by atoms with Gasteiger partial charge in [-0.3, -0.25) is 0 Å². The summed E-state index contributed by atoms with van der Waals surface area (Å²) >= 11 is 9.47. The number of halogens is 2. The third-order valence-corrected chi connectivity index (χ3v) is 3.84. The molecule has 1 rings (SSSR count). The summed E-state index contributed by atoms with van der Waals surface area (Å²) in [5.41, 5.74) is -0.0298. The molecule has 0 spiro atoms. The van der Waals surface area contributed by atoms with Gasteiger partial charge in [-0.25, -0.2) is 9.97 Å². The lowest BCUT2D eigenvalue weighted by molar-refractivity contribution is 0.546. The van der Waals surface area contributed by atoms with Gasteiger partial charge in [-0.1, -0.05) is 27.5 Å². The smallest absolute Gasteiger partial charge is 0.151 e. The number of aromatic nitrogens is 2. The normalized spacial score (nSPS) is 11.5. The number of anilines is 1. The Morgan fingerprint density at radius 1 is 1.57 bits per heavy atom. The zero-order valence-corrected chi connectivity index (χ0v) is 10.8. The standard InChI is InChI=1S/C9H13BrClN3/c1-9(2,5-10)14(3)8-7(11)4-12-6-13-8/h4,6H,5H2,1-3H3. The van der Waals surface area contributed by atoms with Gasteiger partial charge in [0.1, 0.15) is 11.3 Å². The quantitative estimate of drug-likeness (QED) is 0.796. The minimum Gasteiger partial charge on any atom is -0.352 e. The highest BCUT2D eigenvalue weighted by Gasteiger charge is 2.24. The molecule has 0 atom stereocenters. The first-order valence-corrected chi connectivity index (χ1v) is 5.74. The van der Waals surface area contributed by atoms with Gasteiger partial charge in [0.05, 0.1) is 6.20 Å². The fourth-order valence-electron chi connectivity index (χ4n) is 0.929. The lowest BCUT2D eigenvalue weighted by Crippen LogP contribution is -2.43. The Hall–Kier alpha value is -0.350. The minimum absolute atomic E-state index is 0.0298. The predicted molar refractivity (Wildman–Crippen MR) is 63.3 cm³/mol. The number of hydrogen-bond donors (Lipinski definition) is 0. The average Bonchev–Trinajstić information content (AvgIpc) is 2.17. The van der Waals surface area contributed by atoms with E-state index in [-0.39, 0.29) is 5.54 Å². The van der Waals surface area contributed by atoms with Gasteiger partial charge >= 0.3 is 0 Å². The fraction of sp³-hybridized carbons (Fsp3) is 0.556. The molecule has 14 heavy (non-hydrogen) atoms. The molecule has 0 aliphatic carbocycles. The van der Waals surface area contributed by atoms with E-state index < -0.39 is 0 Å². The summed E-state index contributed by atoms with van der Waals surface area (Å²) in [4.78, 5) is 10.0. The molecule has 0 saturated heterocycles. The van der Waals surface area contributed by atoms with E-state index in [2.05, 4.69) is 39.7 Å². The van der Waals surface area contributed by atoms with Crippen LogP contribution >= 0.6 is 27.5 Å². The van der Waals surface area contributed by atoms with Crippen LogP contribution in [0.5, 0.6) is 0 Å². The minimum atomic E-state index is -0.0298. The Bertz CT molecular complexity index is 317. The fourth-order valence-corrected chi connectivity index (χ4v) is 1.54. The zero-order valence-electron chi connectivity index (χ0n) is 8.46. The van der Waals surface area contributed by atoms with Crippen molar-refractivity contribution in [3.8, 4) is 0 Å². The molecule has 0 unspecified atom stereocenters. The lowest BCUT2D eigenvalue weighted by Gasteiger charge is -2.35. The maximum Gasteiger partial charge on any atom is 0.151 e. The van der Waals surface area contributed by atoms with Crippen molar-refractivity contribution in [2.24, 2.45) is 0 Å². The molecule has 0 bridgehead atoms. The molecule has 1 aromatic heterocycles. The SMILES string of the molecule is CN(c1ncncc1Cl)C(C)(C)CBr. The van der Waals surface area contributed by atoms with Crippen molar-refractivity contribution in [1.82, 2.24) is 9.97 Å². The molecule has 0 amide bonds. The van der Waals surface area contributed by atoms with Gasteiger partial charge in [0.2, 0.25) is 0 Å². The van der Waals surface area contributed by atoms with Crippen LogP contribution < -0.4 is 4.90 Å². The lowest BCUT2D eigenvalue weighted by atomic mass is 10.1. The Morgan fingerprint density at radius 3 is 2.71 bits per heavy atom. The molecule has 0 aliphatic heterocycles. The van der Waals surface area contributed by atoms with Crippen LogP contribution in [0.3, 0.4) is 0 Å². The average molecular weight is 279 g/mol. The van der Waals surface area contributed by atoms with E-state index in [1.807, 2.05) is 11.9 Å². The monoisotopic (exact) mass is 277 g/mol. The van der Waals surface area contributed by atoms with Crippen LogP contribution in [-0.4, -0.2) is 27.9 Å². The van der Waals surface area contributed by atoms with Crippen molar-refractivity contribution in [2.45, 2.75) is 19.4 Å². The van der Waals surface area contributed by atoms with Crippen molar-refractivity contribution < 1.29 is 0 Å². The van der Waals surface area contributed by atoms with Gasteiger partial charge in [-0.15, -0.1) is 0 Å². The highest BCUT2D eigenvalue weighted by molar-refractivity contribution is 9.09. The van der Waals surface area contributed by atoms with E-state index in [0.717, 1.165) is 11.1 Å².